The third-order valence-electron chi connectivity index (χ3n) is 5.50. The second kappa shape index (κ2) is 8.80. The fraction of sp³-hybridized carbons (Fsp3) is 0.381. The van der Waals surface area contributed by atoms with Crippen LogP contribution in [-0.4, -0.2) is 60.9 Å². The van der Waals surface area contributed by atoms with Crippen molar-refractivity contribution in [2.24, 2.45) is 0 Å². The lowest BCUT2D eigenvalue weighted by atomic mass is 10.0. The maximum absolute atomic E-state index is 14.0. The van der Waals surface area contributed by atoms with Crippen molar-refractivity contribution in [1.29, 1.82) is 0 Å². The minimum Gasteiger partial charge on any atom is -0.465 e. The number of rotatable bonds is 4. The first-order chi connectivity index (χ1) is 16.0. The van der Waals surface area contributed by atoms with Crippen molar-refractivity contribution < 1.29 is 23.1 Å². The van der Waals surface area contributed by atoms with Crippen LogP contribution in [0, 0.1) is 11.6 Å². The highest BCUT2D eigenvalue weighted by molar-refractivity contribution is 5.75. The van der Waals surface area contributed by atoms with Gasteiger partial charge in [-0.15, -0.1) is 0 Å². The Hall–Kier alpha value is -3.90. The highest BCUT2D eigenvalue weighted by Crippen LogP contribution is 2.25. The molecule has 0 aliphatic carbocycles. The van der Waals surface area contributed by atoms with Crippen LogP contribution >= 0.6 is 0 Å². The van der Waals surface area contributed by atoms with E-state index in [1.165, 1.54) is 10.8 Å². The summed E-state index contributed by atoms with van der Waals surface area (Å²) < 4.78 is 43.3. The van der Waals surface area contributed by atoms with Gasteiger partial charge in [-0.05, 0) is 26.0 Å². The Labute approximate surface area is 191 Å². The molecule has 4 N–H and O–H groups in total. The number of hydrogen-bond acceptors (Lipinski definition) is 7. The zero-order valence-corrected chi connectivity index (χ0v) is 18.3. The number of amides is 1. The van der Waals surface area contributed by atoms with Crippen molar-refractivity contribution in [3.05, 3.63) is 40.3 Å². The van der Waals surface area contributed by atoms with E-state index < -0.39 is 47.2 Å². The number of piperidine rings is 1. The van der Waals surface area contributed by atoms with Crippen LogP contribution in [0.1, 0.15) is 26.3 Å². The molecule has 1 aromatic carbocycles. The van der Waals surface area contributed by atoms with E-state index in [4.69, 9.17) is 5.73 Å². The molecule has 13 heteroatoms. The Bertz CT molecular complexity index is 1310. The van der Waals surface area contributed by atoms with Gasteiger partial charge in [-0.2, -0.15) is 4.98 Å². The molecule has 1 aliphatic heterocycles. The number of nitrogens with one attached hydrogen (secondary N) is 1. The molecule has 0 radical (unpaired) electrons. The van der Waals surface area contributed by atoms with Gasteiger partial charge >= 0.3 is 6.09 Å². The average Bonchev–Trinajstić information content (AvgIpc) is 2.76. The normalized spacial score (nSPS) is 18.5. The Kier molecular flexibility index (Phi) is 6.02. The minimum atomic E-state index is -1.35. The van der Waals surface area contributed by atoms with Gasteiger partial charge in [-0.3, -0.25) is 9.36 Å². The number of nitrogens with two attached hydrogens (primary N) is 1. The van der Waals surface area contributed by atoms with Crippen LogP contribution in [0.5, 0.6) is 0 Å². The highest BCUT2D eigenvalue weighted by Gasteiger charge is 2.30. The molecule has 3 heterocycles. The predicted octanol–water partition coefficient (Wildman–Crippen LogP) is 2.80. The number of halogens is 3. The van der Waals surface area contributed by atoms with E-state index in [1.807, 2.05) is 0 Å². The molecule has 4 rings (SSSR count). The lowest BCUT2D eigenvalue weighted by molar-refractivity contribution is 0.102. The number of benzene rings is 1. The van der Waals surface area contributed by atoms with Crippen LogP contribution in [0.15, 0.2) is 23.1 Å². The van der Waals surface area contributed by atoms with E-state index in [2.05, 4.69) is 20.3 Å². The van der Waals surface area contributed by atoms with Gasteiger partial charge in [-0.1, -0.05) is 0 Å². The van der Waals surface area contributed by atoms with Crippen LogP contribution < -0.4 is 16.6 Å². The van der Waals surface area contributed by atoms with Crippen molar-refractivity contribution in [3.63, 3.8) is 0 Å². The van der Waals surface area contributed by atoms with E-state index in [0.717, 1.165) is 17.0 Å². The lowest BCUT2D eigenvalue weighted by Gasteiger charge is -2.33. The molecule has 0 saturated carbocycles. The number of aromatic nitrogens is 4. The zero-order valence-electron chi connectivity index (χ0n) is 18.3. The first-order valence-corrected chi connectivity index (χ1v) is 10.5. The first kappa shape index (κ1) is 23.3. The van der Waals surface area contributed by atoms with Gasteiger partial charge in [0.2, 0.25) is 5.95 Å². The van der Waals surface area contributed by atoms with E-state index >= 15 is 0 Å². The highest BCUT2D eigenvalue weighted by atomic mass is 19.1. The second-order valence-corrected chi connectivity index (χ2v) is 8.35. The summed E-state index contributed by atoms with van der Waals surface area (Å²) in [5, 5.41) is 12.1. The van der Waals surface area contributed by atoms with Gasteiger partial charge in [-0.25, -0.2) is 27.9 Å². The Morgan fingerprint density at radius 3 is 2.53 bits per heavy atom. The van der Waals surface area contributed by atoms with E-state index in [-0.39, 0.29) is 47.9 Å². The summed E-state index contributed by atoms with van der Waals surface area (Å²) in [6.45, 7) is 3.28. The molecule has 180 valence electrons. The number of anilines is 2. The van der Waals surface area contributed by atoms with Gasteiger partial charge in [0.15, 0.2) is 5.65 Å². The fourth-order valence-corrected chi connectivity index (χ4v) is 3.94. The van der Waals surface area contributed by atoms with E-state index in [9.17, 15) is 27.9 Å². The van der Waals surface area contributed by atoms with Gasteiger partial charge in [0.25, 0.3) is 5.56 Å². The Morgan fingerprint density at radius 1 is 1.24 bits per heavy atom. The molecular formula is C21H22F3N7O3. The molecule has 2 atom stereocenters. The van der Waals surface area contributed by atoms with Crippen molar-refractivity contribution in [3.8, 4) is 11.3 Å². The number of carbonyl (C=O) groups is 1. The van der Waals surface area contributed by atoms with E-state index in [0.29, 0.717) is 0 Å². The van der Waals surface area contributed by atoms with Crippen LogP contribution in [-0.2, 0) is 0 Å². The smallest absolute Gasteiger partial charge is 0.407 e. The molecule has 1 amide bonds. The number of nitrogen functional groups attached to an aromatic ring is 1. The number of nitrogens with zero attached hydrogens (tertiary/aromatic N) is 5. The SMILES string of the molecule is CC(C)n1c(=O)c(-c2cc(F)c(N)c(F)c2)nc2cnc(N[C@H]3C[C@H](F)CN(C(=O)O)C3)nc21. The Morgan fingerprint density at radius 2 is 1.91 bits per heavy atom. The summed E-state index contributed by atoms with van der Waals surface area (Å²) >= 11 is 0. The number of fused-ring (bicyclic) bond motifs is 1. The zero-order chi connectivity index (χ0) is 24.7. The molecular weight excluding hydrogens is 455 g/mol. The topological polar surface area (TPSA) is 139 Å². The quantitative estimate of drug-likeness (QED) is 0.488. The predicted molar refractivity (Wildman–Crippen MR) is 118 cm³/mol. The van der Waals surface area contributed by atoms with Crippen molar-refractivity contribution in [1.82, 2.24) is 24.4 Å². The molecule has 34 heavy (non-hydrogen) atoms. The van der Waals surface area contributed by atoms with Crippen LogP contribution in [0.4, 0.5) is 29.6 Å². The summed E-state index contributed by atoms with van der Waals surface area (Å²) in [7, 11) is 0. The van der Waals surface area contributed by atoms with Gasteiger partial charge in [0.05, 0.1) is 12.7 Å². The Balaban J connectivity index is 1.76. The molecule has 1 fully saturated rings. The molecule has 0 spiro atoms. The second-order valence-electron chi connectivity index (χ2n) is 8.35. The monoisotopic (exact) mass is 477 g/mol. The van der Waals surface area contributed by atoms with Crippen LogP contribution in [0.2, 0.25) is 0 Å². The van der Waals surface area contributed by atoms with Gasteiger partial charge in [0, 0.05) is 30.6 Å². The molecule has 10 nitrogen and oxygen atoms in total. The number of likely N-dealkylation sites (tertiary alicyclic amines) is 1. The van der Waals surface area contributed by atoms with Crippen molar-refractivity contribution in [2.75, 3.05) is 24.1 Å². The summed E-state index contributed by atoms with van der Waals surface area (Å²) in [6, 6.07) is 0.875. The number of carboxylic acid groups (broad SMARTS) is 1. The maximum Gasteiger partial charge on any atom is 0.407 e. The van der Waals surface area contributed by atoms with Crippen LogP contribution in [0.3, 0.4) is 0 Å². The minimum absolute atomic E-state index is 0.0413. The maximum atomic E-state index is 14.0. The standard InChI is InChI=1S/C21H22F3N7O3/c1-9(2)31-18-15(28-17(19(31)32)10-3-13(23)16(25)14(24)4-10)6-26-20(29-18)27-12-5-11(22)7-30(8-12)21(33)34/h3-4,6,9,11-12H,5,7-8,25H2,1-2H3,(H,33,34)(H,26,27,29)/t11-,12-/m0/s1. The number of hydrogen-bond donors (Lipinski definition) is 3. The molecule has 0 bridgehead atoms. The largest absolute Gasteiger partial charge is 0.465 e. The van der Waals surface area contributed by atoms with Gasteiger partial charge in [0.1, 0.15) is 34.7 Å². The van der Waals surface area contributed by atoms with Gasteiger partial charge < -0.3 is 21.1 Å². The number of alkyl halides is 1. The van der Waals surface area contributed by atoms with Crippen molar-refractivity contribution in [2.45, 2.75) is 38.5 Å². The third kappa shape index (κ3) is 4.32. The molecule has 1 saturated heterocycles. The fourth-order valence-electron chi connectivity index (χ4n) is 3.94. The third-order valence-corrected chi connectivity index (χ3v) is 5.50. The average molecular weight is 477 g/mol. The lowest BCUT2D eigenvalue weighted by Crippen LogP contribution is -2.49. The molecule has 1 aliphatic rings. The summed E-state index contributed by atoms with van der Waals surface area (Å²) in [5.74, 6) is -1.97. The van der Waals surface area contributed by atoms with Crippen LogP contribution in [0.25, 0.3) is 22.4 Å². The summed E-state index contributed by atoms with van der Waals surface area (Å²) in [4.78, 5) is 38.2. The molecule has 0 unspecified atom stereocenters. The van der Waals surface area contributed by atoms with E-state index in [1.54, 1.807) is 13.8 Å². The van der Waals surface area contributed by atoms with Crippen molar-refractivity contribution >= 4 is 28.9 Å². The molecule has 3 aromatic rings. The first-order valence-electron chi connectivity index (χ1n) is 10.5. The summed E-state index contributed by atoms with van der Waals surface area (Å²) in [6.07, 6.45) is -1.19. The summed E-state index contributed by atoms with van der Waals surface area (Å²) in [5.41, 5.74) is 4.09. The molecule has 2 aromatic heterocycles.